The highest BCUT2D eigenvalue weighted by Gasteiger charge is 2.13. The van der Waals surface area contributed by atoms with Crippen LogP contribution in [0, 0.1) is 12.8 Å². The Hall–Kier alpha value is -1.55. The number of amides is 1. The SMILES string of the molecule is CCCCOc1ccc(NC(=O)C(C)CNC)c(C)c1. The molecule has 1 unspecified atom stereocenters. The lowest BCUT2D eigenvalue weighted by Crippen LogP contribution is -2.28. The van der Waals surface area contributed by atoms with Crippen LogP contribution in [0.1, 0.15) is 32.3 Å². The van der Waals surface area contributed by atoms with Crippen molar-refractivity contribution in [2.45, 2.75) is 33.6 Å². The summed E-state index contributed by atoms with van der Waals surface area (Å²) < 4.78 is 5.65. The Kier molecular flexibility index (Phi) is 7.09. The first kappa shape index (κ1) is 16.5. The van der Waals surface area contributed by atoms with Gasteiger partial charge >= 0.3 is 0 Å². The van der Waals surface area contributed by atoms with Gasteiger partial charge in [0.15, 0.2) is 0 Å². The van der Waals surface area contributed by atoms with E-state index in [1.54, 1.807) is 0 Å². The Morgan fingerprint density at radius 3 is 2.75 bits per heavy atom. The average molecular weight is 278 g/mol. The third kappa shape index (κ3) is 5.21. The fraction of sp³-hybridized carbons (Fsp3) is 0.562. The molecule has 112 valence electrons. The van der Waals surface area contributed by atoms with Crippen molar-refractivity contribution in [3.8, 4) is 5.75 Å². The minimum atomic E-state index is -0.0557. The minimum absolute atomic E-state index is 0.0297. The number of ether oxygens (including phenoxy) is 1. The van der Waals surface area contributed by atoms with Gasteiger partial charge in [0.2, 0.25) is 5.91 Å². The topological polar surface area (TPSA) is 50.4 Å². The quantitative estimate of drug-likeness (QED) is 0.719. The third-order valence-electron chi connectivity index (χ3n) is 3.18. The van der Waals surface area contributed by atoms with Crippen LogP contribution in [0.3, 0.4) is 0 Å². The van der Waals surface area contributed by atoms with Crippen molar-refractivity contribution >= 4 is 11.6 Å². The molecule has 1 atom stereocenters. The van der Waals surface area contributed by atoms with Crippen LogP contribution in [0.2, 0.25) is 0 Å². The molecule has 0 bridgehead atoms. The summed E-state index contributed by atoms with van der Waals surface area (Å²) in [4.78, 5) is 12.0. The summed E-state index contributed by atoms with van der Waals surface area (Å²) in [5.74, 6) is 0.833. The van der Waals surface area contributed by atoms with E-state index in [-0.39, 0.29) is 11.8 Å². The van der Waals surface area contributed by atoms with Gasteiger partial charge in [-0.25, -0.2) is 0 Å². The van der Waals surface area contributed by atoms with E-state index in [1.807, 2.05) is 39.1 Å². The molecule has 0 saturated heterocycles. The molecule has 0 aromatic heterocycles. The van der Waals surface area contributed by atoms with Crippen molar-refractivity contribution in [1.82, 2.24) is 5.32 Å². The number of unbranched alkanes of at least 4 members (excludes halogenated alkanes) is 1. The van der Waals surface area contributed by atoms with E-state index in [0.717, 1.165) is 36.4 Å². The van der Waals surface area contributed by atoms with E-state index in [4.69, 9.17) is 4.74 Å². The van der Waals surface area contributed by atoms with E-state index in [9.17, 15) is 4.79 Å². The number of rotatable bonds is 8. The highest BCUT2D eigenvalue weighted by molar-refractivity contribution is 5.93. The van der Waals surface area contributed by atoms with Crippen molar-refractivity contribution in [3.05, 3.63) is 23.8 Å². The van der Waals surface area contributed by atoms with Gasteiger partial charge in [0.25, 0.3) is 0 Å². The van der Waals surface area contributed by atoms with Gasteiger partial charge in [-0.1, -0.05) is 20.3 Å². The monoisotopic (exact) mass is 278 g/mol. The molecule has 4 heteroatoms. The highest BCUT2D eigenvalue weighted by atomic mass is 16.5. The van der Waals surface area contributed by atoms with E-state index in [1.165, 1.54) is 0 Å². The maximum Gasteiger partial charge on any atom is 0.228 e. The van der Waals surface area contributed by atoms with Crippen LogP contribution >= 0.6 is 0 Å². The van der Waals surface area contributed by atoms with Crippen LogP contribution in [-0.4, -0.2) is 26.1 Å². The molecule has 0 aliphatic heterocycles. The minimum Gasteiger partial charge on any atom is -0.494 e. The van der Waals surface area contributed by atoms with Gasteiger partial charge in [-0.05, 0) is 44.2 Å². The lowest BCUT2D eigenvalue weighted by Gasteiger charge is -2.14. The van der Waals surface area contributed by atoms with Gasteiger partial charge in [0, 0.05) is 18.2 Å². The van der Waals surface area contributed by atoms with Crippen molar-refractivity contribution in [1.29, 1.82) is 0 Å². The molecule has 0 heterocycles. The molecule has 0 fully saturated rings. The molecule has 0 aliphatic rings. The first-order valence-electron chi connectivity index (χ1n) is 7.27. The number of anilines is 1. The molecular formula is C16H26N2O2. The van der Waals surface area contributed by atoms with E-state index < -0.39 is 0 Å². The zero-order chi connectivity index (χ0) is 15.0. The summed E-state index contributed by atoms with van der Waals surface area (Å²) in [5, 5.41) is 5.96. The van der Waals surface area contributed by atoms with Gasteiger partial charge in [-0.2, -0.15) is 0 Å². The maximum atomic E-state index is 12.0. The summed E-state index contributed by atoms with van der Waals surface area (Å²) in [6.45, 7) is 7.43. The largest absolute Gasteiger partial charge is 0.494 e. The second-order valence-electron chi connectivity index (χ2n) is 5.13. The van der Waals surface area contributed by atoms with Gasteiger partial charge in [-0.15, -0.1) is 0 Å². The highest BCUT2D eigenvalue weighted by Crippen LogP contribution is 2.22. The zero-order valence-electron chi connectivity index (χ0n) is 13.0. The second-order valence-corrected chi connectivity index (χ2v) is 5.13. The molecule has 0 radical (unpaired) electrons. The molecule has 1 amide bonds. The van der Waals surface area contributed by atoms with Gasteiger partial charge in [-0.3, -0.25) is 4.79 Å². The Balaban J connectivity index is 2.61. The fourth-order valence-electron chi connectivity index (χ4n) is 1.86. The predicted octanol–water partition coefficient (Wildman–Crippen LogP) is 2.97. The van der Waals surface area contributed by atoms with Crippen LogP contribution in [0.5, 0.6) is 5.75 Å². The summed E-state index contributed by atoms with van der Waals surface area (Å²) >= 11 is 0. The van der Waals surface area contributed by atoms with Crippen molar-refractivity contribution in [3.63, 3.8) is 0 Å². The van der Waals surface area contributed by atoms with E-state index in [2.05, 4.69) is 17.6 Å². The fourth-order valence-corrected chi connectivity index (χ4v) is 1.86. The lowest BCUT2D eigenvalue weighted by molar-refractivity contribution is -0.119. The number of carbonyl (C=O) groups is 1. The molecule has 2 N–H and O–H groups in total. The Morgan fingerprint density at radius 1 is 1.40 bits per heavy atom. The standard InChI is InChI=1S/C16H26N2O2/c1-5-6-9-20-14-7-8-15(12(2)10-14)18-16(19)13(3)11-17-4/h7-8,10,13,17H,5-6,9,11H2,1-4H3,(H,18,19). The first-order chi connectivity index (χ1) is 9.58. The lowest BCUT2D eigenvalue weighted by atomic mass is 10.1. The average Bonchev–Trinajstić information content (AvgIpc) is 2.42. The molecule has 20 heavy (non-hydrogen) atoms. The smallest absolute Gasteiger partial charge is 0.228 e. The number of carbonyl (C=O) groups excluding carboxylic acids is 1. The van der Waals surface area contributed by atoms with Crippen molar-refractivity contribution < 1.29 is 9.53 Å². The van der Waals surface area contributed by atoms with Gasteiger partial charge < -0.3 is 15.4 Å². The van der Waals surface area contributed by atoms with Gasteiger partial charge in [0.05, 0.1) is 6.61 Å². The van der Waals surface area contributed by atoms with Crippen molar-refractivity contribution in [2.75, 3.05) is 25.5 Å². The number of hydrogen-bond donors (Lipinski definition) is 2. The van der Waals surface area contributed by atoms with E-state index in [0.29, 0.717) is 6.54 Å². The van der Waals surface area contributed by atoms with Crippen LogP contribution < -0.4 is 15.4 Å². The molecule has 0 saturated carbocycles. The summed E-state index contributed by atoms with van der Waals surface area (Å²) in [7, 11) is 1.84. The maximum absolute atomic E-state index is 12.0. The molecule has 4 nitrogen and oxygen atoms in total. The van der Waals surface area contributed by atoms with Gasteiger partial charge in [0.1, 0.15) is 5.75 Å². The molecule has 0 spiro atoms. The molecule has 1 aromatic rings. The Morgan fingerprint density at radius 2 is 2.15 bits per heavy atom. The van der Waals surface area contributed by atoms with Crippen LogP contribution in [0.4, 0.5) is 5.69 Å². The Labute approximate surface area is 121 Å². The van der Waals surface area contributed by atoms with Crippen LogP contribution in [-0.2, 0) is 4.79 Å². The molecule has 1 rings (SSSR count). The summed E-state index contributed by atoms with van der Waals surface area (Å²) in [6, 6.07) is 5.77. The zero-order valence-corrected chi connectivity index (χ0v) is 13.0. The predicted molar refractivity (Wildman–Crippen MR) is 83.3 cm³/mol. The molecule has 0 aliphatic carbocycles. The first-order valence-corrected chi connectivity index (χ1v) is 7.27. The number of benzene rings is 1. The molecule has 1 aromatic carbocycles. The number of aryl methyl sites for hydroxylation is 1. The number of hydrogen-bond acceptors (Lipinski definition) is 3. The second kappa shape index (κ2) is 8.59. The molecular weight excluding hydrogens is 252 g/mol. The normalized spacial score (nSPS) is 12.0. The van der Waals surface area contributed by atoms with Crippen LogP contribution in [0.15, 0.2) is 18.2 Å². The summed E-state index contributed by atoms with van der Waals surface area (Å²) in [5.41, 5.74) is 1.87. The summed E-state index contributed by atoms with van der Waals surface area (Å²) in [6.07, 6.45) is 2.18. The van der Waals surface area contributed by atoms with Crippen LogP contribution in [0.25, 0.3) is 0 Å². The third-order valence-corrected chi connectivity index (χ3v) is 3.18. The Bertz CT molecular complexity index is 432. The van der Waals surface area contributed by atoms with E-state index >= 15 is 0 Å². The number of nitrogens with one attached hydrogen (secondary N) is 2. The van der Waals surface area contributed by atoms with Crippen molar-refractivity contribution in [2.24, 2.45) is 5.92 Å².